The van der Waals surface area contributed by atoms with Gasteiger partial charge < -0.3 is 20.6 Å². The van der Waals surface area contributed by atoms with E-state index >= 15 is 0 Å². The Hall–Kier alpha value is -2.32. The lowest BCUT2D eigenvalue weighted by Crippen LogP contribution is -2.13. The number of nitrogens with zero attached hydrogens (tertiary/aromatic N) is 2. The summed E-state index contributed by atoms with van der Waals surface area (Å²) in [6.45, 7) is 1.61. The van der Waals surface area contributed by atoms with E-state index in [0.29, 0.717) is 6.20 Å². The van der Waals surface area contributed by atoms with E-state index in [1.807, 2.05) is 0 Å². The molecule has 0 saturated carbocycles. The summed E-state index contributed by atoms with van der Waals surface area (Å²) in [5.41, 5.74) is 3.94. The van der Waals surface area contributed by atoms with Crippen molar-refractivity contribution in [2.75, 3.05) is 12.3 Å². The Morgan fingerprint density at radius 1 is 1.63 bits per heavy atom. The number of alkyl halides is 2. The number of nitrogen functional groups attached to an aromatic ring is 1. The van der Waals surface area contributed by atoms with E-state index in [-0.39, 0.29) is 12.2 Å². The summed E-state index contributed by atoms with van der Waals surface area (Å²) >= 11 is 0. The number of nitrogens with two attached hydrogens (primary N) is 1. The highest BCUT2D eigenvalue weighted by molar-refractivity contribution is 5.77. The van der Waals surface area contributed by atoms with Gasteiger partial charge in [-0.25, -0.2) is 8.78 Å². The first-order valence-corrected chi connectivity index (χ1v) is 5.23. The zero-order valence-corrected chi connectivity index (χ0v) is 9.93. The van der Waals surface area contributed by atoms with Gasteiger partial charge in [-0.15, -0.1) is 0 Å². The first-order chi connectivity index (χ1) is 8.88. The van der Waals surface area contributed by atoms with Crippen LogP contribution in [0.1, 0.15) is 24.5 Å². The predicted molar refractivity (Wildman–Crippen MR) is 60.6 cm³/mol. The van der Waals surface area contributed by atoms with Crippen molar-refractivity contribution in [1.82, 2.24) is 4.98 Å². The number of pyridine rings is 1. The average Bonchev–Trinajstić information content (AvgIpc) is 2.31. The van der Waals surface area contributed by atoms with Gasteiger partial charge in [0.2, 0.25) is 0 Å². The maximum absolute atomic E-state index is 12.8. The number of aromatic nitrogens is 1. The van der Waals surface area contributed by atoms with Gasteiger partial charge in [-0.05, 0) is 16.8 Å². The summed E-state index contributed by atoms with van der Waals surface area (Å²) in [4.78, 5) is 24.3. The highest BCUT2D eigenvalue weighted by Crippen LogP contribution is 2.31. The highest BCUT2D eigenvalue weighted by atomic mass is 19.3. The van der Waals surface area contributed by atoms with E-state index in [0.717, 1.165) is 0 Å². The lowest BCUT2D eigenvalue weighted by molar-refractivity contribution is -0.388. The van der Waals surface area contributed by atoms with Gasteiger partial charge in [0.05, 0.1) is 18.6 Å². The highest BCUT2D eigenvalue weighted by Gasteiger charge is 2.26. The fourth-order valence-electron chi connectivity index (χ4n) is 1.46. The van der Waals surface area contributed by atoms with Crippen molar-refractivity contribution in [3.63, 3.8) is 0 Å². The third-order valence-corrected chi connectivity index (χ3v) is 2.27. The van der Waals surface area contributed by atoms with E-state index in [9.17, 15) is 23.7 Å². The number of carbonyl (C=O) groups is 1. The molecular weight excluding hydrogens is 264 g/mol. The maximum Gasteiger partial charge on any atom is 0.387 e. The van der Waals surface area contributed by atoms with E-state index in [1.54, 1.807) is 6.92 Å². The third-order valence-electron chi connectivity index (χ3n) is 2.27. The Balaban J connectivity index is 3.26. The monoisotopic (exact) mass is 275 g/mol. The molecule has 0 aliphatic heterocycles. The summed E-state index contributed by atoms with van der Waals surface area (Å²) in [7, 11) is 0. The summed E-state index contributed by atoms with van der Waals surface area (Å²) in [5, 5.41) is 10.6. The van der Waals surface area contributed by atoms with Crippen LogP contribution in [0.3, 0.4) is 0 Å². The molecule has 0 fully saturated rings. The number of halogens is 2. The van der Waals surface area contributed by atoms with Gasteiger partial charge in [-0.3, -0.25) is 4.79 Å². The van der Waals surface area contributed by atoms with Gasteiger partial charge in [0.25, 0.3) is 6.43 Å². The molecule has 0 radical (unpaired) electrons. The van der Waals surface area contributed by atoms with Crippen LogP contribution in [0.2, 0.25) is 0 Å². The molecule has 1 heterocycles. The lowest BCUT2D eigenvalue weighted by Gasteiger charge is -2.10. The predicted octanol–water partition coefficient (Wildman–Crippen LogP) is 1.62. The molecule has 0 spiro atoms. The van der Waals surface area contributed by atoms with Crippen LogP contribution in [-0.4, -0.2) is 22.5 Å². The Labute approximate surface area is 106 Å². The molecule has 1 aromatic heterocycles. The van der Waals surface area contributed by atoms with Crippen LogP contribution in [0.25, 0.3) is 0 Å². The fourth-order valence-corrected chi connectivity index (χ4v) is 1.46. The molecule has 1 rings (SSSR count). The van der Waals surface area contributed by atoms with Crippen LogP contribution < -0.4 is 5.73 Å². The molecule has 19 heavy (non-hydrogen) atoms. The molecule has 0 aliphatic rings. The first kappa shape index (κ1) is 14.7. The van der Waals surface area contributed by atoms with E-state index in [2.05, 4.69) is 9.72 Å². The molecule has 0 bridgehead atoms. The summed E-state index contributed by atoms with van der Waals surface area (Å²) in [5.74, 6) is -1.56. The van der Waals surface area contributed by atoms with Crippen molar-refractivity contribution in [1.29, 1.82) is 0 Å². The molecular formula is C10H11F2N3O4. The van der Waals surface area contributed by atoms with Crippen molar-refractivity contribution in [3.05, 3.63) is 27.4 Å². The number of rotatable bonds is 5. The molecule has 0 amide bonds. The van der Waals surface area contributed by atoms with Crippen LogP contribution in [0.15, 0.2) is 6.20 Å². The SMILES string of the molecule is CCOC(=O)Cc1c(C(F)F)cnc([N+](=O)[O-])c1N. The molecule has 0 saturated heterocycles. The molecule has 0 aliphatic carbocycles. The van der Waals surface area contributed by atoms with Crippen molar-refractivity contribution >= 4 is 17.5 Å². The average molecular weight is 275 g/mol. The number of anilines is 1. The number of carbonyl (C=O) groups excluding carboxylic acids is 1. The Kier molecular flexibility index (Phi) is 4.67. The molecule has 0 atom stereocenters. The summed E-state index contributed by atoms with van der Waals surface area (Å²) in [6.07, 6.45) is -2.86. The molecule has 2 N–H and O–H groups in total. The zero-order valence-electron chi connectivity index (χ0n) is 9.93. The van der Waals surface area contributed by atoms with Gasteiger partial charge in [-0.1, -0.05) is 0 Å². The second-order valence-corrected chi connectivity index (χ2v) is 3.47. The Bertz CT molecular complexity index is 508. The number of esters is 1. The summed E-state index contributed by atoms with van der Waals surface area (Å²) in [6, 6.07) is 0. The van der Waals surface area contributed by atoms with Crippen molar-refractivity contribution in [3.8, 4) is 0 Å². The van der Waals surface area contributed by atoms with Crippen LogP contribution in [-0.2, 0) is 16.0 Å². The molecule has 1 aromatic rings. The minimum absolute atomic E-state index is 0.0654. The maximum atomic E-state index is 12.8. The van der Waals surface area contributed by atoms with Gasteiger partial charge in [-0.2, -0.15) is 0 Å². The molecule has 7 nitrogen and oxygen atoms in total. The Morgan fingerprint density at radius 2 is 2.26 bits per heavy atom. The normalized spacial score (nSPS) is 10.5. The van der Waals surface area contributed by atoms with Gasteiger partial charge in [0, 0.05) is 5.56 Å². The minimum Gasteiger partial charge on any atom is -0.466 e. The number of hydrogen-bond acceptors (Lipinski definition) is 6. The second kappa shape index (κ2) is 6.03. The molecule has 0 unspecified atom stereocenters. The second-order valence-electron chi connectivity index (χ2n) is 3.47. The van der Waals surface area contributed by atoms with Crippen LogP contribution in [0.4, 0.5) is 20.3 Å². The molecule has 0 aromatic carbocycles. The smallest absolute Gasteiger partial charge is 0.387 e. The summed E-state index contributed by atoms with van der Waals surface area (Å²) < 4.78 is 30.1. The topological polar surface area (TPSA) is 108 Å². The fraction of sp³-hybridized carbons (Fsp3) is 0.400. The van der Waals surface area contributed by atoms with Crippen molar-refractivity contribution < 1.29 is 23.2 Å². The number of nitro groups is 1. The standard InChI is InChI=1S/C10H11F2N3O4/c1-2-19-7(16)3-5-6(9(11)12)4-14-10(8(5)13)15(17)18/h4,9H,2-3,13H2,1H3. The van der Waals surface area contributed by atoms with Gasteiger partial charge >= 0.3 is 11.8 Å². The number of ether oxygens (including phenoxy) is 1. The lowest BCUT2D eigenvalue weighted by atomic mass is 10.1. The van der Waals surface area contributed by atoms with Crippen molar-refractivity contribution in [2.45, 2.75) is 19.8 Å². The van der Waals surface area contributed by atoms with Crippen LogP contribution in [0.5, 0.6) is 0 Å². The first-order valence-electron chi connectivity index (χ1n) is 5.23. The van der Waals surface area contributed by atoms with Crippen molar-refractivity contribution in [2.24, 2.45) is 0 Å². The van der Waals surface area contributed by atoms with Crippen LogP contribution >= 0.6 is 0 Å². The zero-order chi connectivity index (χ0) is 14.6. The van der Waals surface area contributed by atoms with Gasteiger partial charge in [0.15, 0.2) is 0 Å². The molecule has 9 heteroatoms. The van der Waals surface area contributed by atoms with E-state index < -0.39 is 40.8 Å². The van der Waals surface area contributed by atoms with Crippen LogP contribution in [0, 0.1) is 10.1 Å². The minimum atomic E-state index is -2.94. The molecule has 104 valence electrons. The quantitative estimate of drug-likeness (QED) is 0.497. The largest absolute Gasteiger partial charge is 0.466 e. The van der Waals surface area contributed by atoms with E-state index in [1.165, 1.54) is 0 Å². The van der Waals surface area contributed by atoms with E-state index in [4.69, 9.17) is 5.73 Å². The number of hydrogen-bond donors (Lipinski definition) is 1. The van der Waals surface area contributed by atoms with Gasteiger partial charge in [0.1, 0.15) is 11.9 Å². The third kappa shape index (κ3) is 3.33. The Morgan fingerprint density at radius 3 is 2.74 bits per heavy atom.